The zero-order chi connectivity index (χ0) is 12.8. The van der Waals surface area contributed by atoms with E-state index in [-0.39, 0.29) is 5.09 Å². The fourth-order valence-electron chi connectivity index (χ4n) is 3.33. The lowest BCUT2D eigenvalue weighted by atomic mass is 9.95. The fourth-order valence-corrected chi connectivity index (χ4v) is 3.81. The van der Waals surface area contributed by atoms with Gasteiger partial charge in [-0.25, -0.2) is 13.6 Å². The van der Waals surface area contributed by atoms with Gasteiger partial charge in [0.1, 0.15) is 5.76 Å². The molecule has 0 aromatic carbocycles. The summed E-state index contributed by atoms with van der Waals surface area (Å²) >= 11 is 0. The summed E-state index contributed by atoms with van der Waals surface area (Å²) in [7, 11) is -3.72. The van der Waals surface area contributed by atoms with Gasteiger partial charge in [-0.2, -0.15) is 0 Å². The first-order valence-corrected chi connectivity index (χ1v) is 7.92. The van der Waals surface area contributed by atoms with Gasteiger partial charge in [-0.05, 0) is 43.2 Å². The van der Waals surface area contributed by atoms with Crippen LogP contribution in [-0.4, -0.2) is 14.5 Å². The van der Waals surface area contributed by atoms with Gasteiger partial charge >= 0.3 is 0 Å². The topological polar surface area (TPSA) is 85.3 Å². The average Bonchev–Trinajstić information content (AvgIpc) is 3.01. The van der Waals surface area contributed by atoms with Crippen LogP contribution in [0.4, 0.5) is 0 Å². The summed E-state index contributed by atoms with van der Waals surface area (Å²) in [5.74, 6) is 2.31. The maximum atomic E-state index is 11.1. The number of furan rings is 1. The third-order valence-electron chi connectivity index (χ3n) is 4.19. The first-order chi connectivity index (χ1) is 8.52. The second-order valence-electron chi connectivity index (χ2n) is 5.43. The Balaban J connectivity index is 1.59. The number of nitrogens with one attached hydrogen (secondary N) is 1. The smallest absolute Gasteiger partial charge is 0.271 e. The Morgan fingerprint density at radius 1 is 1.33 bits per heavy atom. The first kappa shape index (κ1) is 12.2. The van der Waals surface area contributed by atoms with Crippen LogP contribution in [-0.2, 0) is 16.6 Å². The molecule has 2 saturated carbocycles. The molecule has 18 heavy (non-hydrogen) atoms. The van der Waals surface area contributed by atoms with E-state index in [1.165, 1.54) is 31.7 Å². The van der Waals surface area contributed by atoms with Crippen LogP contribution in [0.15, 0.2) is 21.6 Å². The number of hydrogen-bond acceptors (Lipinski definition) is 4. The molecular formula is C12H18N2O3S. The minimum Gasteiger partial charge on any atom is -0.447 e. The molecule has 0 saturated heterocycles. The summed E-state index contributed by atoms with van der Waals surface area (Å²) in [5, 5.41) is 8.30. The van der Waals surface area contributed by atoms with Crippen molar-refractivity contribution < 1.29 is 12.8 Å². The van der Waals surface area contributed by atoms with Crippen molar-refractivity contribution in [2.75, 3.05) is 0 Å². The molecule has 0 aliphatic heterocycles. The van der Waals surface area contributed by atoms with Gasteiger partial charge in [0.05, 0.1) is 6.54 Å². The Morgan fingerprint density at radius 3 is 2.72 bits per heavy atom. The second kappa shape index (κ2) is 4.36. The van der Waals surface area contributed by atoms with Crippen molar-refractivity contribution in [3.63, 3.8) is 0 Å². The maximum absolute atomic E-state index is 11.1. The van der Waals surface area contributed by atoms with Crippen LogP contribution in [0.5, 0.6) is 0 Å². The highest BCUT2D eigenvalue weighted by Gasteiger charge is 2.39. The number of sulfonamides is 1. The average molecular weight is 270 g/mol. The van der Waals surface area contributed by atoms with E-state index in [9.17, 15) is 8.42 Å². The molecule has 5 nitrogen and oxygen atoms in total. The Labute approximate surface area is 107 Å². The van der Waals surface area contributed by atoms with Gasteiger partial charge in [0.2, 0.25) is 5.09 Å². The highest BCUT2D eigenvalue weighted by Crippen LogP contribution is 2.44. The summed E-state index contributed by atoms with van der Waals surface area (Å²) in [6, 6.07) is 3.64. The molecule has 2 fully saturated rings. The summed E-state index contributed by atoms with van der Waals surface area (Å²) in [5.41, 5.74) is 0. The summed E-state index contributed by atoms with van der Waals surface area (Å²) in [6.07, 6.45) is 5.29. The molecule has 0 amide bonds. The third kappa shape index (κ3) is 2.32. The molecule has 1 aromatic heterocycles. The van der Waals surface area contributed by atoms with Gasteiger partial charge in [-0.3, -0.25) is 0 Å². The fraction of sp³-hybridized carbons (Fsp3) is 0.667. The SMILES string of the molecule is NS(=O)(=O)c1ccc(CNC2CC3CCC2C3)o1. The molecule has 0 spiro atoms. The quantitative estimate of drug-likeness (QED) is 0.861. The van der Waals surface area contributed by atoms with Crippen LogP contribution in [0.1, 0.15) is 31.4 Å². The monoisotopic (exact) mass is 270 g/mol. The Morgan fingerprint density at radius 2 is 2.17 bits per heavy atom. The second-order valence-corrected chi connectivity index (χ2v) is 6.92. The van der Waals surface area contributed by atoms with E-state index in [0.29, 0.717) is 18.3 Å². The molecule has 3 unspecified atom stereocenters. The van der Waals surface area contributed by atoms with Crippen LogP contribution >= 0.6 is 0 Å². The largest absolute Gasteiger partial charge is 0.447 e. The zero-order valence-electron chi connectivity index (χ0n) is 10.1. The van der Waals surface area contributed by atoms with Gasteiger partial charge in [-0.15, -0.1) is 0 Å². The van der Waals surface area contributed by atoms with Crippen molar-refractivity contribution in [2.24, 2.45) is 17.0 Å². The first-order valence-electron chi connectivity index (χ1n) is 6.37. The summed E-state index contributed by atoms with van der Waals surface area (Å²) in [4.78, 5) is 0. The van der Waals surface area contributed by atoms with E-state index in [1.807, 2.05) is 0 Å². The molecule has 100 valence electrons. The predicted molar refractivity (Wildman–Crippen MR) is 66.2 cm³/mol. The van der Waals surface area contributed by atoms with E-state index >= 15 is 0 Å². The minimum absolute atomic E-state index is 0.160. The van der Waals surface area contributed by atoms with E-state index < -0.39 is 10.0 Å². The number of nitrogens with two attached hydrogens (primary N) is 1. The van der Waals surface area contributed by atoms with E-state index in [2.05, 4.69) is 5.32 Å². The summed E-state index contributed by atoms with van der Waals surface area (Å²) in [6.45, 7) is 0.573. The molecular weight excluding hydrogens is 252 g/mol. The summed E-state index contributed by atoms with van der Waals surface area (Å²) < 4.78 is 27.4. The number of primary sulfonamides is 1. The molecule has 3 N–H and O–H groups in total. The van der Waals surface area contributed by atoms with Crippen LogP contribution in [0.25, 0.3) is 0 Å². The Kier molecular flexibility index (Phi) is 2.96. The third-order valence-corrected chi connectivity index (χ3v) is 4.97. The van der Waals surface area contributed by atoms with Gasteiger partial charge in [-0.1, -0.05) is 6.42 Å². The van der Waals surface area contributed by atoms with Crippen molar-refractivity contribution in [2.45, 2.75) is 43.4 Å². The van der Waals surface area contributed by atoms with Crippen molar-refractivity contribution >= 4 is 10.0 Å². The zero-order valence-corrected chi connectivity index (χ0v) is 10.9. The lowest BCUT2D eigenvalue weighted by Gasteiger charge is -2.22. The Bertz CT molecular complexity index is 537. The van der Waals surface area contributed by atoms with Gasteiger partial charge in [0.25, 0.3) is 10.0 Å². The van der Waals surface area contributed by atoms with Crippen LogP contribution in [0.3, 0.4) is 0 Å². The number of rotatable bonds is 4. The lowest BCUT2D eigenvalue weighted by Crippen LogP contribution is -2.33. The van der Waals surface area contributed by atoms with E-state index in [0.717, 1.165) is 11.8 Å². The van der Waals surface area contributed by atoms with Gasteiger partial charge < -0.3 is 9.73 Å². The molecule has 3 rings (SSSR count). The van der Waals surface area contributed by atoms with Gasteiger partial charge in [0.15, 0.2) is 0 Å². The van der Waals surface area contributed by atoms with E-state index in [4.69, 9.17) is 9.56 Å². The normalized spacial score (nSPS) is 31.1. The highest BCUT2D eigenvalue weighted by atomic mass is 32.2. The van der Waals surface area contributed by atoms with Crippen LogP contribution < -0.4 is 10.5 Å². The molecule has 1 heterocycles. The molecule has 2 aliphatic carbocycles. The number of hydrogen-bond donors (Lipinski definition) is 2. The molecule has 0 radical (unpaired) electrons. The van der Waals surface area contributed by atoms with E-state index in [1.54, 1.807) is 6.07 Å². The molecule has 1 aromatic rings. The van der Waals surface area contributed by atoms with Crippen LogP contribution in [0, 0.1) is 11.8 Å². The van der Waals surface area contributed by atoms with Crippen molar-refractivity contribution in [3.8, 4) is 0 Å². The Hall–Kier alpha value is -0.850. The lowest BCUT2D eigenvalue weighted by molar-refractivity contribution is 0.328. The van der Waals surface area contributed by atoms with Crippen LogP contribution in [0.2, 0.25) is 0 Å². The van der Waals surface area contributed by atoms with Gasteiger partial charge in [0, 0.05) is 6.04 Å². The standard InChI is InChI=1S/C12H18N2O3S/c13-18(15,16)12-4-3-10(17-12)7-14-11-6-8-1-2-9(11)5-8/h3-4,8-9,11,14H,1-2,5-7H2,(H2,13,15,16). The molecule has 6 heteroatoms. The number of fused-ring (bicyclic) bond motifs is 2. The maximum Gasteiger partial charge on any atom is 0.271 e. The molecule has 2 bridgehead atoms. The van der Waals surface area contributed by atoms with Crippen molar-refractivity contribution in [3.05, 3.63) is 17.9 Å². The predicted octanol–water partition coefficient (Wildman–Crippen LogP) is 1.21. The molecule has 3 atom stereocenters. The van der Waals surface area contributed by atoms with Crippen molar-refractivity contribution in [1.29, 1.82) is 0 Å². The highest BCUT2D eigenvalue weighted by molar-refractivity contribution is 7.89. The minimum atomic E-state index is -3.72. The van der Waals surface area contributed by atoms with Crippen molar-refractivity contribution in [1.82, 2.24) is 5.32 Å². The molecule has 2 aliphatic rings.